The van der Waals surface area contributed by atoms with Gasteiger partial charge in [-0.2, -0.15) is 0 Å². The number of carbonyl (C=O) groups excluding carboxylic acids is 2. The topological polar surface area (TPSA) is 55.2 Å². The maximum Gasteiger partial charge on any atom is 0.262 e. The molecule has 0 radical (unpaired) electrons. The molecule has 5 heteroatoms. The fourth-order valence-corrected chi connectivity index (χ4v) is 5.38. The molecular weight excluding hydrogens is 470 g/mol. The second-order valence-electron chi connectivity index (χ2n) is 9.11. The Kier molecular flexibility index (Phi) is 5.71. The third-order valence-electron chi connectivity index (χ3n) is 7.09. The maximum absolute atomic E-state index is 13.2. The Hall–Kier alpha value is -5.21. The van der Waals surface area contributed by atoms with Crippen LogP contribution in [-0.4, -0.2) is 26.3 Å². The van der Waals surface area contributed by atoms with E-state index in [-0.39, 0.29) is 0 Å². The molecule has 1 atom stereocenters. The van der Waals surface area contributed by atoms with Crippen molar-refractivity contribution in [3.8, 4) is 12.3 Å². The SMILES string of the molecule is C#CC(c1cn(C(c2ccccc2)(c2ccccc2)c2ccccc2)cn1)N1C(=O)c2ccccc2C1=O. The molecule has 38 heavy (non-hydrogen) atoms. The lowest BCUT2D eigenvalue weighted by atomic mass is 9.77. The molecule has 1 aromatic heterocycles. The summed E-state index contributed by atoms with van der Waals surface area (Å²) in [7, 11) is 0. The number of hydrogen-bond acceptors (Lipinski definition) is 3. The fraction of sp³-hybridized carbons (Fsp3) is 0.0606. The Bertz CT molecular complexity index is 1540. The highest BCUT2D eigenvalue weighted by atomic mass is 16.2. The van der Waals surface area contributed by atoms with Crippen LogP contribution in [0.15, 0.2) is 128 Å². The minimum atomic E-state index is -0.955. The summed E-state index contributed by atoms with van der Waals surface area (Å²) in [5, 5.41) is 0. The second-order valence-corrected chi connectivity index (χ2v) is 9.11. The van der Waals surface area contributed by atoms with E-state index in [2.05, 4.69) is 47.3 Å². The number of fused-ring (bicyclic) bond motifs is 1. The average Bonchev–Trinajstić information content (AvgIpc) is 3.56. The van der Waals surface area contributed by atoms with Crippen LogP contribution < -0.4 is 0 Å². The number of benzene rings is 4. The summed E-state index contributed by atoms with van der Waals surface area (Å²) in [6.07, 6.45) is 9.53. The van der Waals surface area contributed by atoms with E-state index in [4.69, 9.17) is 6.42 Å². The van der Waals surface area contributed by atoms with Crippen LogP contribution in [0.5, 0.6) is 0 Å². The van der Waals surface area contributed by atoms with Crippen LogP contribution >= 0.6 is 0 Å². The van der Waals surface area contributed by atoms with Crippen molar-refractivity contribution in [2.24, 2.45) is 0 Å². The van der Waals surface area contributed by atoms with Crippen LogP contribution in [0.3, 0.4) is 0 Å². The molecule has 0 N–H and O–H groups in total. The van der Waals surface area contributed by atoms with Crippen LogP contribution in [0.2, 0.25) is 0 Å². The second kappa shape index (κ2) is 9.34. The third-order valence-corrected chi connectivity index (χ3v) is 7.09. The van der Waals surface area contributed by atoms with Crippen molar-refractivity contribution in [3.05, 3.63) is 161 Å². The molecule has 0 fully saturated rings. The predicted octanol–water partition coefficient (Wildman–Crippen LogP) is 5.69. The molecule has 1 unspecified atom stereocenters. The van der Waals surface area contributed by atoms with Crippen molar-refractivity contribution in [3.63, 3.8) is 0 Å². The van der Waals surface area contributed by atoms with Gasteiger partial charge in [0.15, 0.2) is 0 Å². The molecule has 5 aromatic rings. The number of rotatable bonds is 6. The van der Waals surface area contributed by atoms with Crippen molar-refractivity contribution >= 4 is 11.8 Å². The lowest BCUT2D eigenvalue weighted by molar-refractivity contribution is 0.0617. The van der Waals surface area contributed by atoms with E-state index in [1.165, 1.54) is 0 Å². The lowest BCUT2D eigenvalue weighted by Crippen LogP contribution is -2.37. The lowest BCUT2D eigenvalue weighted by Gasteiger charge is -2.37. The van der Waals surface area contributed by atoms with Gasteiger partial charge in [-0.1, -0.05) is 109 Å². The smallest absolute Gasteiger partial charge is 0.262 e. The maximum atomic E-state index is 13.2. The average molecular weight is 494 g/mol. The molecule has 182 valence electrons. The Morgan fingerprint density at radius 3 is 1.50 bits per heavy atom. The molecule has 0 saturated carbocycles. The van der Waals surface area contributed by atoms with Crippen LogP contribution in [0.25, 0.3) is 0 Å². The summed E-state index contributed by atoms with van der Waals surface area (Å²) < 4.78 is 2.02. The zero-order chi connectivity index (χ0) is 26.1. The molecule has 0 saturated heterocycles. The molecule has 6 rings (SSSR count). The molecule has 0 spiro atoms. The largest absolute Gasteiger partial charge is 0.319 e. The van der Waals surface area contributed by atoms with Crippen LogP contribution in [0, 0.1) is 12.3 Å². The minimum Gasteiger partial charge on any atom is -0.319 e. The Morgan fingerprint density at radius 1 is 0.658 bits per heavy atom. The monoisotopic (exact) mass is 493 g/mol. The number of nitrogens with zero attached hydrogens (tertiary/aromatic N) is 3. The molecule has 2 heterocycles. The summed E-state index contributed by atoms with van der Waals surface area (Å²) in [6, 6.07) is 36.3. The molecule has 4 aromatic carbocycles. The van der Waals surface area contributed by atoms with Crippen molar-refractivity contribution < 1.29 is 9.59 Å². The van der Waals surface area contributed by atoms with Crippen molar-refractivity contribution in [2.45, 2.75) is 11.6 Å². The Morgan fingerprint density at radius 2 is 1.08 bits per heavy atom. The number of aromatic nitrogens is 2. The molecule has 0 aliphatic carbocycles. The van der Waals surface area contributed by atoms with E-state index >= 15 is 0 Å². The van der Waals surface area contributed by atoms with Crippen LogP contribution in [0.4, 0.5) is 0 Å². The van der Waals surface area contributed by atoms with E-state index in [1.54, 1.807) is 30.6 Å². The quantitative estimate of drug-likeness (QED) is 0.173. The molecular formula is C33H23N3O2. The first-order chi connectivity index (χ1) is 18.7. The molecule has 2 amide bonds. The van der Waals surface area contributed by atoms with Gasteiger partial charge in [-0.3, -0.25) is 14.5 Å². The van der Waals surface area contributed by atoms with E-state index in [0.29, 0.717) is 16.8 Å². The van der Waals surface area contributed by atoms with Crippen molar-refractivity contribution in [2.75, 3.05) is 0 Å². The summed E-state index contributed by atoms with van der Waals surface area (Å²) in [4.78, 5) is 32.3. The number of terminal acetylenes is 1. The highest BCUT2D eigenvalue weighted by Crippen LogP contribution is 2.41. The normalized spacial score (nSPS) is 13.7. The Labute approximate surface area is 221 Å². The number of amides is 2. The van der Waals surface area contributed by atoms with Gasteiger partial charge in [0.05, 0.1) is 23.1 Å². The molecule has 0 bridgehead atoms. The molecule has 5 nitrogen and oxygen atoms in total. The summed E-state index contributed by atoms with van der Waals surface area (Å²) in [5.41, 5.74) is 3.44. The first-order valence-electron chi connectivity index (χ1n) is 12.3. The van der Waals surface area contributed by atoms with Gasteiger partial charge in [-0.05, 0) is 28.8 Å². The first-order valence-corrected chi connectivity index (χ1v) is 12.3. The van der Waals surface area contributed by atoms with Gasteiger partial charge in [0.25, 0.3) is 11.8 Å². The highest BCUT2D eigenvalue weighted by molar-refractivity contribution is 6.21. The van der Waals surface area contributed by atoms with Gasteiger partial charge in [-0.25, -0.2) is 4.98 Å². The van der Waals surface area contributed by atoms with E-state index in [0.717, 1.165) is 21.6 Å². The fourth-order valence-electron chi connectivity index (χ4n) is 5.38. The van der Waals surface area contributed by atoms with Gasteiger partial charge in [-0.15, -0.1) is 6.42 Å². The standard InChI is InChI=1S/C33H23N3O2/c1-2-30(36-31(37)27-20-12-13-21-28(27)32(36)38)29-22-35(23-34-29)33(24-14-6-3-7-15-24,25-16-8-4-9-17-25)26-18-10-5-11-19-26/h1,3-23,30H. The zero-order valence-electron chi connectivity index (χ0n) is 20.4. The molecule has 1 aliphatic heterocycles. The van der Waals surface area contributed by atoms with Crippen LogP contribution in [0.1, 0.15) is 49.1 Å². The number of carbonyl (C=O) groups is 2. The van der Waals surface area contributed by atoms with Gasteiger partial charge >= 0.3 is 0 Å². The minimum absolute atomic E-state index is 0.351. The zero-order valence-corrected chi connectivity index (χ0v) is 20.4. The highest BCUT2D eigenvalue weighted by Gasteiger charge is 2.42. The summed E-state index contributed by atoms with van der Waals surface area (Å²) in [5.74, 6) is 1.82. The number of imide groups is 1. The van der Waals surface area contributed by atoms with E-state index in [1.807, 2.05) is 65.4 Å². The van der Waals surface area contributed by atoms with Gasteiger partial charge in [0, 0.05) is 6.20 Å². The summed E-state index contributed by atoms with van der Waals surface area (Å²) in [6.45, 7) is 0. The van der Waals surface area contributed by atoms with Crippen LogP contribution in [-0.2, 0) is 5.54 Å². The van der Waals surface area contributed by atoms with E-state index < -0.39 is 23.4 Å². The Balaban J connectivity index is 1.54. The summed E-state index contributed by atoms with van der Waals surface area (Å²) >= 11 is 0. The van der Waals surface area contributed by atoms with E-state index in [9.17, 15) is 9.59 Å². The van der Waals surface area contributed by atoms with Gasteiger partial charge < -0.3 is 4.57 Å². The van der Waals surface area contributed by atoms with Crippen molar-refractivity contribution in [1.29, 1.82) is 0 Å². The third kappa shape index (κ3) is 3.47. The van der Waals surface area contributed by atoms with Crippen molar-refractivity contribution in [1.82, 2.24) is 14.5 Å². The number of imidazole rings is 1. The molecule has 1 aliphatic rings. The first kappa shape index (κ1) is 23.2. The van der Waals surface area contributed by atoms with Gasteiger partial charge in [0.2, 0.25) is 0 Å². The number of hydrogen-bond donors (Lipinski definition) is 0. The van der Waals surface area contributed by atoms with Gasteiger partial charge in [0.1, 0.15) is 11.6 Å². The predicted molar refractivity (Wildman–Crippen MR) is 145 cm³/mol.